The van der Waals surface area contributed by atoms with Gasteiger partial charge in [-0.25, -0.2) is 0 Å². The van der Waals surface area contributed by atoms with Crippen molar-refractivity contribution in [3.63, 3.8) is 0 Å². The van der Waals surface area contributed by atoms with Crippen LogP contribution in [0.25, 0.3) is 0 Å². The van der Waals surface area contributed by atoms with E-state index in [2.05, 4.69) is 0 Å². The number of likely N-dealkylation sites (N-methyl/N-ethyl adjacent to an activating group) is 1. The molecular formula is C18H20N2O3. The Morgan fingerprint density at radius 2 is 1.70 bits per heavy atom. The molecule has 0 saturated carbocycles. The molecule has 5 heteroatoms. The predicted octanol–water partition coefficient (Wildman–Crippen LogP) is 3.49. The van der Waals surface area contributed by atoms with E-state index in [9.17, 15) is 14.9 Å². The van der Waals surface area contributed by atoms with E-state index in [1.54, 1.807) is 23.1 Å². The monoisotopic (exact) mass is 312 g/mol. The molecule has 0 aromatic heterocycles. The van der Waals surface area contributed by atoms with Crippen LogP contribution in [-0.2, 0) is 17.8 Å². The van der Waals surface area contributed by atoms with Crippen LogP contribution in [0.1, 0.15) is 23.6 Å². The van der Waals surface area contributed by atoms with Crippen LogP contribution in [-0.4, -0.2) is 22.3 Å². The Labute approximate surface area is 135 Å². The fourth-order valence-electron chi connectivity index (χ4n) is 2.49. The summed E-state index contributed by atoms with van der Waals surface area (Å²) in [6, 6.07) is 14.3. The topological polar surface area (TPSA) is 63.4 Å². The fraction of sp³-hybridized carbons (Fsp3) is 0.278. The highest BCUT2D eigenvalue weighted by Gasteiger charge is 2.19. The van der Waals surface area contributed by atoms with Gasteiger partial charge in [0.2, 0.25) is 5.91 Å². The number of rotatable bonds is 6. The van der Waals surface area contributed by atoms with Crippen LogP contribution in [0.3, 0.4) is 0 Å². The van der Waals surface area contributed by atoms with Gasteiger partial charge in [-0.1, -0.05) is 42.5 Å². The van der Waals surface area contributed by atoms with E-state index in [0.717, 1.165) is 11.1 Å². The molecule has 5 nitrogen and oxygen atoms in total. The van der Waals surface area contributed by atoms with Crippen LogP contribution in [0.5, 0.6) is 0 Å². The summed E-state index contributed by atoms with van der Waals surface area (Å²) in [5, 5.41) is 11.1. The summed E-state index contributed by atoms with van der Waals surface area (Å²) in [7, 11) is 0. The number of hydrogen-bond acceptors (Lipinski definition) is 3. The Bertz CT molecular complexity index is 713. The van der Waals surface area contributed by atoms with Crippen molar-refractivity contribution in [1.82, 2.24) is 4.90 Å². The Morgan fingerprint density at radius 3 is 2.30 bits per heavy atom. The maximum Gasteiger partial charge on any atom is 0.274 e. The summed E-state index contributed by atoms with van der Waals surface area (Å²) in [5.74, 6) is -0.0278. The average molecular weight is 312 g/mol. The summed E-state index contributed by atoms with van der Waals surface area (Å²) in [6.07, 6.45) is 0.307. The number of hydrogen-bond donors (Lipinski definition) is 0. The minimum atomic E-state index is -0.408. The van der Waals surface area contributed by atoms with E-state index in [4.69, 9.17) is 0 Å². The standard InChI is InChI=1S/C18H20N2O3/c1-3-19(13-16-10-6-7-11-17(16)20(22)23)18(21)12-15-9-5-4-8-14(15)2/h4-11H,3,12-13H2,1-2H3. The normalized spacial score (nSPS) is 10.3. The van der Waals surface area contributed by atoms with Crippen LogP contribution in [0.2, 0.25) is 0 Å². The zero-order chi connectivity index (χ0) is 16.8. The zero-order valence-corrected chi connectivity index (χ0v) is 13.4. The SMILES string of the molecule is CCN(Cc1ccccc1[N+](=O)[O-])C(=O)Cc1ccccc1C. The van der Waals surface area contributed by atoms with E-state index in [1.165, 1.54) is 6.07 Å². The molecule has 0 N–H and O–H groups in total. The minimum Gasteiger partial charge on any atom is -0.338 e. The molecule has 0 heterocycles. The van der Waals surface area contributed by atoms with E-state index < -0.39 is 4.92 Å². The van der Waals surface area contributed by atoms with Gasteiger partial charge in [-0.3, -0.25) is 14.9 Å². The smallest absolute Gasteiger partial charge is 0.274 e. The second-order valence-electron chi connectivity index (χ2n) is 5.40. The highest BCUT2D eigenvalue weighted by molar-refractivity contribution is 5.79. The lowest BCUT2D eigenvalue weighted by atomic mass is 10.0. The molecule has 0 atom stereocenters. The molecule has 0 fully saturated rings. The van der Waals surface area contributed by atoms with E-state index in [-0.39, 0.29) is 18.1 Å². The van der Waals surface area contributed by atoms with Crippen molar-refractivity contribution >= 4 is 11.6 Å². The maximum atomic E-state index is 12.5. The largest absolute Gasteiger partial charge is 0.338 e. The maximum absolute atomic E-state index is 12.5. The summed E-state index contributed by atoms with van der Waals surface area (Å²) < 4.78 is 0. The van der Waals surface area contributed by atoms with Crippen molar-refractivity contribution in [3.8, 4) is 0 Å². The lowest BCUT2D eigenvalue weighted by Crippen LogP contribution is -2.32. The third-order valence-corrected chi connectivity index (χ3v) is 3.89. The van der Waals surface area contributed by atoms with Gasteiger partial charge in [0.05, 0.1) is 17.9 Å². The van der Waals surface area contributed by atoms with Crippen molar-refractivity contribution in [2.45, 2.75) is 26.8 Å². The molecule has 2 aromatic rings. The molecule has 2 aromatic carbocycles. The third-order valence-electron chi connectivity index (χ3n) is 3.89. The predicted molar refractivity (Wildman–Crippen MR) is 89.1 cm³/mol. The first-order valence-corrected chi connectivity index (χ1v) is 7.57. The second kappa shape index (κ2) is 7.54. The van der Waals surface area contributed by atoms with Gasteiger partial charge in [-0.2, -0.15) is 0 Å². The van der Waals surface area contributed by atoms with Crippen LogP contribution in [0.4, 0.5) is 5.69 Å². The third kappa shape index (κ3) is 4.16. The van der Waals surface area contributed by atoms with Gasteiger partial charge in [0.15, 0.2) is 0 Å². The number of benzene rings is 2. The molecule has 2 rings (SSSR count). The number of para-hydroxylation sites is 1. The van der Waals surface area contributed by atoms with Crippen molar-refractivity contribution in [2.24, 2.45) is 0 Å². The molecule has 1 amide bonds. The number of nitro benzene ring substituents is 1. The summed E-state index contributed by atoms with van der Waals surface area (Å²) in [6.45, 7) is 4.61. The van der Waals surface area contributed by atoms with Crippen molar-refractivity contribution in [2.75, 3.05) is 6.54 Å². The van der Waals surface area contributed by atoms with Gasteiger partial charge in [-0.15, -0.1) is 0 Å². The summed E-state index contributed by atoms with van der Waals surface area (Å²) in [4.78, 5) is 24.9. The molecule has 0 bridgehead atoms. The molecule has 0 saturated heterocycles. The average Bonchev–Trinajstić information content (AvgIpc) is 2.54. The molecule has 23 heavy (non-hydrogen) atoms. The minimum absolute atomic E-state index is 0.0278. The Morgan fingerprint density at radius 1 is 1.09 bits per heavy atom. The van der Waals surface area contributed by atoms with Gasteiger partial charge in [0.1, 0.15) is 0 Å². The first kappa shape index (κ1) is 16.7. The van der Waals surface area contributed by atoms with Crippen molar-refractivity contribution in [3.05, 3.63) is 75.3 Å². The highest BCUT2D eigenvalue weighted by atomic mass is 16.6. The number of carbonyl (C=O) groups is 1. The van der Waals surface area contributed by atoms with Gasteiger partial charge in [-0.05, 0) is 25.0 Å². The van der Waals surface area contributed by atoms with Gasteiger partial charge < -0.3 is 4.90 Å². The van der Waals surface area contributed by atoms with Crippen LogP contribution < -0.4 is 0 Å². The molecule has 0 unspecified atom stereocenters. The highest BCUT2D eigenvalue weighted by Crippen LogP contribution is 2.20. The zero-order valence-electron chi connectivity index (χ0n) is 13.4. The molecule has 0 spiro atoms. The second-order valence-corrected chi connectivity index (χ2v) is 5.40. The number of nitrogens with zero attached hydrogens (tertiary/aromatic N) is 2. The van der Waals surface area contributed by atoms with E-state index in [0.29, 0.717) is 18.5 Å². The molecule has 120 valence electrons. The van der Waals surface area contributed by atoms with Crippen molar-refractivity contribution in [1.29, 1.82) is 0 Å². The molecule has 0 radical (unpaired) electrons. The Kier molecular flexibility index (Phi) is 5.46. The molecule has 0 aliphatic rings. The number of nitro groups is 1. The van der Waals surface area contributed by atoms with Crippen molar-refractivity contribution < 1.29 is 9.72 Å². The summed E-state index contributed by atoms with van der Waals surface area (Å²) >= 11 is 0. The first-order valence-electron chi connectivity index (χ1n) is 7.57. The fourth-order valence-corrected chi connectivity index (χ4v) is 2.49. The lowest BCUT2D eigenvalue weighted by molar-refractivity contribution is -0.385. The lowest BCUT2D eigenvalue weighted by Gasteiger charge is -2.21. The van der Waals surface area contributed by atoms with E-state index in [1.807, 2.05) is 38.1 Å². The molecular weight excluding hydrogens is 292 g/mol. The Balaban J connectivity index is 2.16. The number of aryl methyl sites for hydroxylation is 1. The van der Waals surface area contributed by atoms with Crippen LogP contribution in [0, 0.1) is 17.0 Å². The number of amides is 1. The van der Waals surface area contributed by atoms with Crippen LogP contribution >= 0.6 is 0 Å². The summed E-state index contributed by atoms with van der Waals surface area (Å²) in [5.41, 5.74) is 2.66. The number of carbonyl (C=O) groups excluding carboxylic acids is 1. The van der Waals surface area contributed by atoms with Gasteiger partial charge >= 0.3 is 0 Å². The Hall–Kier alpha value is -2.69. The van der Waals surface area contributed by atoms with Crippen LogP contribution in [0.15, 0.2) is 48.5 Å². The van der Waals surface area contributed by atoms with Gasteiger partial charge in [0.25, 0.3) is 5.69 Å². The quantitative estimate of drug-likeness (QED) is 0.606. The molecule has 0 aliphatic carbocycles. The molecule has 0 aliphatic heterocycles. The van der Waals surface area contributed by atoms with Gasteiger partial charge in [0, 0.05) is 18.2 Å². The first-order chi connectivity index (χ1) is 11.0. The van der Waals surface area contributed by atoms with E-state index >= 15 is 0 Å².